The van der Waals surface area contributed by atoms with E-state index in [-0.39, 0.29) is 6.10 Å². The van der Waals surface area contributed by atoms with Crippen molar-refractivity contribution in [2.24, 2.45) is 0 Å². The fraction of sp³-hybridized carbons (Fsp3) is 0.222. The summed E-state index contributed by atoms with van der Waals surface area (Å²) in [6.07, 6.45) is -0.155. The molecule has 21 heavy (non-hydrogen) atoms. The van der Waals surface area contributed by atoms with Crippen LogP contribution in [0.1, 0.15) is 22.9 Å². The van der Waals surface area contributed by atoms with Gasteiger partial charge in [0, 0.05) is 34.8 Å². The van der Waals surface area contributed by atoms with Crippen LogP contribution in [0.15, 0.2) is 48.5 Å². The van der Waals surface area contributed by atoms with Crippen LogP contribution in [0.2, 0.25) is 0 Å². The standard InChI is InChI=1S/C18H19NO2/c1-12-17(13-8-4-6-10-15(13)19-12)18(21-3)14-9-5-7-11-16(14)20-2/h4-11,18-19H,1-3H3. The summed E-state index contributed by atoms with van der Waals surface area (Å²) in [5.74, 6) is 0.842. The van der Waals surface area contributed by atoms with Gasteiger partial charge in [0.15, 0.2) is 0 Å². The molecule has 0 aliphatic heterocycles. The number of hydrogen-bond donors (Lipinski definition) is 1. The van der Waals surface area contributed by atoms with E-state index < -0.39 is 0 Å². The van der Waals surface area contributed by atoms with Crippen molar-refractivity contribution in [3.05, 3.63) is 65.4 Å². The molecule has 0 aliphatic carbocycles. The Kier molecular flexibility index (Phi) is 3.67. The van der Waals surface area contributed by atoms with Crippen molar-refractivity contribution in [3.63, 3.8) is 0 Å². The molecule has 2 aromatic carbocycles. The summed E-state index contributed by atoms with van der Waals surface area (Å²) in [6.45, 7) is 2.08. The molecule has 1 heterocycles. The van der Waals surface area contributed by atoms with Gasteiger partial charge in [-0.1, -0.05) is 36.4 Å². The smallest absolute Gasteiger partial charge is 0.125 e. The molecule has 0 fully saturated rings. The lowest BCUT2D eigenvalue weighted by atomic mass is 9.98. The van der Waals surface area contributed by atoms with E-state index in [0.29, 0.717) is 0 Å². The first kappa shape index (κ1) is 13.7. The van der Waals surface area contributed by atoms with Crippen molar-refractivity contribution >= 4 is 10.9 Å². The van der Waals surface area contributed by atoms with Crippen molar-refractivity contribution in [3.8, 4) is 5.75 Å². The molecule has 1 aromatic heterocycles. The van der Waals surface area contributed by atoms with Gasteiger partial charge in [0.1, 0.15) is 11.9 Å². The number of hydrogen-bond acceptors (Lipinski definition) is 2. The Labute approximate surface area is 124 Å². The van der Waals surface area contributed by atoms with Gasteiger partial charge in [-0.3, -0.25) is 0 Å². The molecule has 3 rings (SSSR count). The zero-order chi connectivity index (χ0) is 14.8. The highest BCUT2D eigenvalue weighted by Gasteiger charge is 2.22. The molecule has 1 atom stereocenters. The first-order valence-corrected chi connectivity index (χ1v) is 6.99. The maximum absolute atomic E-state index is 5.81. The average Bonchev–Trinajstić information content (AvgIpc) is 2.85. The fourth-order valence-electron chi connectivity index (χ4n) is 2.92. The van der Waals surface area contributed by atoms with E-state index in [1.807, 2.05) is 36.4 Å². The molecule has 0 bridgehead atoms. The molecular weight excluding hydrogens is 262 g/mol. The Morgan fingerprint density at radius 2 is 1.67 bits per heavy atom. The molecule has 0 aliphatic rings. The minimum Gasteiger partial charge on any atom is -0.496 e. The second kappa shape index (κ2) is 5.62. The molecule has 3 aromatic rings. The van der Waals surface area contributed by atoms with E-state index in [2.05, 4.69) is 24.0 Å². The molecule has 1 unspecified atom stereocenters. The molecule has 1 N–H and O–H groups in total. The summed E-state index contributed by atoms with van der Waals surface area (Å²) in [5, 5.41) is 1.19. The van der Waals surface area contributed by atoms with E-state index >= 15 is 0 Å². The number of benzene rings is 2. The minimum atomic E-state index is -0.155. The van der Waals surface area contributed by atoms with Crippen LogP contribution in [0.4, 0.5) is 0 Å². The number of rotatable bonds is 4. The van der Waals surface area contributed by atoms with Gasteiger partial charge < -0.3 is 14.5 Å². The van der Waals surface area contributed by atoms with Crippen LogP contribution in [0.25, 0.3) is 10.9 Å². The lowest BCUT2D eigenvalue weighted by Crippen LogP contribution is -2.06. The second-order valence-electron chi connectivity index (χ2n) is 5.07. The fourth-order valence-corrected chi connectivity index (χ4v) is 2.92. The van der Waals surface area contributed by atoms with Gasteiger partial charge in [0.2, 0.25) is 0 Å². The van der Waals surface area contributed by atoms with Crippen LogP contribution in [0.5, 0.6) is 5.75 Å². The Bertz CT molecular complexity index is 761. The topological polar surface area (TPSA) is 34.2 Å². The summed E-state index contributed by atoms with van der Waals surface area (Å²) in [5.41, 5.74) is 4.45. The first-order valence-electron chi connectivity index (χ1n) is 6.99. The molecule has 0 amide bonds. The highest BCUT2D eigenvalue weighted by Crippen LogP contribution is 2.37. The number of para-hydroxylation sites is 2. The SMILES string of the molecule is COc1ccccc1C(OC)c1c(C)[nH]c2ccccc12. The molecule has 3 heteroatoms. The molecule has 3 nitrogen and oxygen atoms in total. The third kappa shape index (κ3) is 2.30. The Balaban J connectivity index is 2.21. The van der Waals surface area contributed by atoms with Crippen LogP contribution in [0, 0.1) is 6.92 Å². The Morgan fingerprint density at radius 3 is 2.43 bits per heavy atom. The molecule has 0 radical (unpaired) electrons. The van der Waals surface area contributed by atoms with Gasteiger partial charge in [-0.25, -0.2) is 0 Å². The third-order valence-corrected chi connectivity index (χ3v) is 3.86. The third-order valence-electron chi connectivity index (χ3n) is 3.86. The highest BCUT2D eigenvalue weighted by molar-refractivity contribution is 5.85. The number of aryl methyl sites for hydroxylation is 1. The summed E-state index contributed by atoms with van der Waals surface area (Å²) in [6, 6.07) is 16.3. The van der Waals surface area contributed by atoms with Crippen LogP contribution < -0.4 is 4.74 Å². The van der Waals surface area contributed by atoms with Gasteiger partial charge in [-0.2, -0.15) is 0 Å². The highest BCUT2D eigenvalue weighted by atomic mass is 16.5. The maximum atomic E-state index is 5.81. The predicted molar refractivity (Wildman–Crippen MR) is 84.9 cm³/mol. The van der Waals surface area contributed by atoms with E-state index in [0.717, 1.165) is 28.1 Å². The van der Waals surface area contributed by atoms with Crippen molar-refractivity contribution in [2.45, 2.75) is 13.0 Å². The second-order valence-corrected chi connectivity index (χ2v) is 5.07. The molecule has 0 saturated carbocycles. The van der Waals surface area contributed by atoms with E-state index in [4.69, 9.17) is 9.47 Å². The van der Waals surface area contributed by atoms with Crippen molar-refractivity contribution in [2.75, 3.05) is 14.2 Å². The zero-order valence-corrected chi connectivity index (χ0v) is 12.5. The number of aromatic amines is 1. The number of nitrogens with one attached hydrogen (secondary N) is 1. The largest absolute Gasteiger partial charge is 0.496 e. The van der Waals surface area contributed by atoms with Crippen LogP contribution >= 0.6 is 0 Å². The van der Waals surface area contributed by atoms with Gasteiger partial charge in [0.05, 0.1) is 7.11 Å². The van der Waals surface area contributed by atoms with E-state index in [1.165, 1.54) is 5.39 Å². The van der Waals surface area contributed by atoms with Gasteiger partial charge in [-0.15, -0.1) is 0 Å². The van der Waals surface area contributed by atoms with Crippen molar-refractivity contribution in [1.82, 2.24) is 4.98 Å². The average molecular weight is 281 g/mol. The monoisotopic (exact) mass is 281 g/mol. The zero-order valence-electron chi connectivity index (χ0n) is 12.5. The lowest BCUT2D eigenvalue weighted by molar-refractivity contribution is 0.134. The lowest BCUT2D eigenvalue weighted by Gasteiger charge is -2.19. The molecular formula is C18H19NO2. The van der Waals surface area contributed by atoms with E-state index in [1.54, 1.807) is 14.2 Å². The predicted octanol–water partition coefficient (Wildman–Crippen LogP) is 4.22. The van der Waals surface area contributed by atoms with Crippen molar-refractivity contribution in [1.29, 1.82) is 0 Å². The number of H-pyrrole nitrogens is 1. The van der Waals surface area contributed by atoms with E-state index in [9.17, 15) is 0 Å². The van der Waals surface area contributed by atoms with Gasteiger partial charge in [-0.05, 0) is 19.1 Å². The summed E-state index contributed by atoms with van der Waals surface area (Å²) in [7, 11) is 3.42. The molecule has 0 saturated heterocycles. The number of aromatic nitrogens is 1. The molecule has 108 valence electrons. The summed E-state index contributed by atoms with van der Waals surface area (Å²) < 4.78 is 11.3. The first-order chi connectivity index (χ1) is 10.3. The maximum Gasteiger partial charge on any atom is 0.125 e. The van der Waals surface area contributed by atoms with Gasteiger partial charge >= 0.3 is 0 Å². The Morgan fingerprint density at radius 1 is 0.952 bits per heavy atom. The van der Waals surface area contributed by atoms with Crippen LogP contribution in [-0.2, 0) is 4.74 Å². The summed E-state index contributed by atoms with van der Waals surface area (Å²) >= 11 is 0. The normalized spacial score (nSPS) is 12.5. The number of ether oxygens (including phenoxy) is 2. The Hall–Kier alpha value is -2.26. The summed E-state index contributed by atoms with van der Waals surface area (Å²) in [4.78, 5) is 3.43. The quantitative estimate of drug-likeness (QED) is 0.777. The number of fused-ring (bicyclic) bond motifs is 1. The van der Waals surface area contributed by atoms with Crippen LogP contribution in [-0.4, -0.2) is 19.2 Å². The van der Waals surface area contributed by atoms with Crippen LogP contribution in [0.3, 0.4) is 0 Å². The molecule has 0 spiro atoms. The number of methoxy groups -OCH3 is 2. The minimum absolute atomic E-state index is 0.155. The van der Waals surface area contributed by atoms with Crippen molar-refractivity contribution < 1.29 is 9.47 Å². The van der Waals surface area contributed by atoms with Gasteiger partial charge in [0.25, 0.3) is 0 Å².